The number of carbonyl (C=O) groups is 1. The number of aromatic nitrogens is 2. The maximum absolute atomic E-state index is 11.1. The van der Waals surface area contributed by atoms with Gasteiger partial charge in [0, 0.05) is 24.2 Å². The highest BCUT2D eigenvalue weighted by Crippen LogP contribution is 2.16. The second-order valence-electron chi connectivity index (χ2n) is 4.13. The molecule has 0 aliphatic carbocycles. The van der Waals surface area contributed by atoms with Gasteiger partial charge in [-0.3, -0.25) is 9.78 Å². The van der Waals surface area contributed by atoms with Crippen molar-refractivity contribution in [3.63, 3.8) is 0 Å². The van der Waals surface area contributed by atoms with Gasteiger partial charge in [-0.25, -0.2) is 4.98 Å². The molecule has 2 aromatic rings. The highest BCUT2D eigenvalue weighted by atomic mass is 16.1. The third-order valence-corrected chi connectivity index (χ3v) is 2.74. The van der Waals surface area contributed by atoms with Gasteiger partial charge >= 0.3 is 0 Å². The zero-order valence-electron chi connectivity index (χ0n) is 10.4. The van der Waals surface area contributed by atoms with Crippen molar-refractivity contribution in [2.24, 2.45) is 0 Å². The lowest BCUT2D eigenvalue weighted by atomic mass is 10.1. The van der Waals surface area contributed by atoms with E-state index in [2.05, 4.69) is 22.2 Å². The minimum absolute atomic E-state index is 0.0243. The van der Waals surface area contributed by atoms with E-state index < -0.39 is 0 Å². The van der Waals surface area contributed by atoms with E-state index in [0.29, 0.717) is 5.56 Å². The number of nitrogens with zero attached hydrogens (tertiary/aromatic N) is 2. The van der Waals surface area contributed by atoms with Crippen LogP contribution in [-0.2, 0) is 0 Å². The van der Waals surface area contributed by atoms with Crippen molar-refractivity contribution in [1.29, 1.82) is 0 Å². The Balaban J connectivity index is 2.08. The molecule has 0 unspecified atom stereocenters. The molecule has 4 nitrogen and oxygen atoms in total. The predicted molar refractivity (Wildman–Crippen MR) is 70.5 cm³/mol. The SMILES string of the molecule is CC(=O)c1ccc(N[C@@H](C)c2ccncc2)nc1. The molecule has 0 aliphatic heterocycles. The molecule has 0 fully saturated rings. The van der Waals surface area contributed by atoms with Crippen molar-refractivity contribution < 1.29 is 4.79 Å². The van der Waals surface area contributed by atoms with Gasteiger partial charge in [0.15, 0.2) is 5.78 Å². The number of hydrogen-bond acceptors (Lipinski definition) is 4. The molecule has 0 saturated carbocycles. The fraction of sp³-hybridized carbons (Fsp3) is 0.214. The van der Waals surface area contributed by atoms with Gasteiger partial charge in [-0.2, -0.15) is 0 Å². The molecule has 18 heavy (non-hydrogen) atoms. The van der Waals surface area contributed by atoms with Crippen LogP contribution in [-0.4, -0.2) is 15.8 Å². The number of ketones is 1. The minimum Gasteiger partial charge on any atom is -0.364 e. The summed E-state index contributed by atoms with van der Waals surface area (Å²) in [6, 6.07) is 7.65. The van der Waals surface area contributed by atoms with E-state index in [0.717, 1.165) is 11.4 Å². The van der Waals surface area contributed by atoms with Crippen LogP contribution in [0.25, 0.3) is 0 Å². The van der Waals surface area contributed by atoms with Gasteiger partial charge in [-0.15, -0.1) is 0 Å². The summed E-state index contributed by atoms with van der Waals surface area (Å²) in [7, 11) is 0. The van der Waals surface area contributed by atoms with E-state index in [1.165, 1.54) is 6.92 Å². The molecule has 0 bridgehead atoms. The van der Waals surface area contributed by atoms with Crippen LogP contribution in [0.4, 0.5) is 5.82 Å². The summed E-state index contributed by atoms with van der Waals surface area (Å²) in [4.78, 5) is 19.3. The maximum Gasteiger partial charge on any atom is 0.161 e. The number of carbonyl (C=O) groups excluding carboxylic acids is 1. The van der Waals surface area contributed by atoms with E-state index in [4.69, 9.17) is 0 Å². The van der Waals surface area contributed by atoms with Crippen molar-refractivity contribution in [1.82, 2.24) is 9.97 Å². The molecule has 0 aromatic carbocycles. The molecule has 2 aromatic heterocycles. The number of rotatable bonds is 4. The molecule has 1 atom stereocenters. The molecule has 4 heteroatoms. The molecular formula is C14H15N3O. The van der Waals surface area contributed by atoms with Crippen molar-refractivity contribution in [2.45, 2.75) is 19.9 Å². The monoisotopic (exact) mass is 241 g/mol. The Morgan fingerprint density at radius 1 is 1.22 bits per heavy atom. The van der Waals surface area contributed by atoms with Crippen LogP contribution in [0.5, 0.6) is 0 Å². The van der Waals surface area contributed by atoms with Gasteiger partial charge in [-0.1, -0.05) is 0 Å². The lowest BCUT2D eigenvalue weighted by Crippen LogP contribution is -2.08. The van der Waals surface area contributed by atoms with Gasteiger partial charge in [0.1, 0.15) is 5.82 Å². The third-order valence-electron chi connectivity index (χ3n) is 2.74. The standard InChI is InChI=1S/C14H15N3O/c1-10(12-5-7-15-8-6-12)17-14-4-3-13(9-16-14)11(2)18/h3-10H,1-2H3,(H,16,17)/t10-/m0/s1. The highest BCUT2D eigenvalue weighted by Gasteiger charge is 2.06. The molecule has 0 radical (unpaired) electrons. The molecule has 0 spiro atoms. The molecule has 0 saturated heterocycles. The molecular weight excluding hydrogens is 226 g/mol. The quantitative estimate of drug-likeness (QED) is 0.836. The van der Waals surface area contributed by atoms with Crippen molar-refractivity contribution in [3.05, 3.63) is 54.0 Å². The largest absolute Gasteiger partial charge is 0.364 e. The molecule has 0 amide bonds. The van der Waals surface area contributed by atoms with Gasteiger partial charge < -0.3 is 5.32 Å². The topological polar surface area (TPSA) is 54.9 Å². The Morgan fingerprint density at radius 3 is 2.50 bits per heavy atom. The van der Waals surface area contributed by atoms with Crippen LogP contribution in [0.1, 0.15) is 35.8 Å². The first-order valence-electron chi connectivity index (χ1n) is 5.80. The van der Waals surface area contributed by atoms with Crippen LogP contribution in [0.3, 0.4) is 0 Å². The van der Waals surface area contributed by atoms with Crippen LogP contribution < -0.4 is 5.32 Å². The fourth-order valence-corrected chi connectivity index (χ4v) is 1.64. The zero-order valence-corrected chi connectivity index (χ0v) is 10.4. The van der Waals surface area contributed by atoms with E-state index in [-0.39, 0.29) is 11.8 Å². The lowest BCUT2D eigenvalue weighted by molar-refractivity contribution is 0.101. The summed E-state index contributed by atoms with van der Waals surface area (Å²) in [5.74, 6) is 0.778. The Hall–Kier alpha value is -2.23. The van der Waals surface area contributed by atoms with Gasteiger partial charge in [0.05, 0.1) is 6.04 Å². The predicted octanol–water partition coefficient (Wildman–Crippen LogP) is 2.85. The molecule has 2 rings (SSSR count). The smallest absolute Gasteiger partial charge is 0.161 e. The van der Waals surface area contributed by atoms with Crippen LogP contribution in [0, 0.1) is 0 Å². The second kappa shape index (κ2) is 5.40. The zero-order chi connectivity index (χ0) is 13.0. The fourth-order valence-electron chi connectivity index (χ4n) is 1.64. The normalized spacial score (nSPS) is 11.9. The Kier molecular flexibility index (Phi) is 3.67. The minimum atomic E-state index is 0.0243. The van der Waals surface area contributed by atoms with Crippen molar-refractivity contribution >= 4 is 11.6 Å². The van der Waals surface area contributed by atoms with E-state index in [1.54, 1.807) is 24.7 Å². The summed E-state index contributed by atoms with van der Waals surface area (Å²) in [6.07, 6.45) is 5.11. The summed E-state index contributed by atoms with van der Waals surface area (Å²) in [6.45, 7) is 3.58. The first-order chi connectivity index (χ1) is 8.66. The average Bonchev–Trinajstić information content (AvgIpc) is 2.40. The Morgan fingerprint density at radius 2 is 1.94 bits per heavy atom. The van der Waals surface area contributed by atoms with Crippen LogP contribution >= 0.6 is 0 Å². The number of nitrogens with one attached hydrogen (secondary N) is 1. The summed E-state index contributed by atoms with van der Waals surface area (Å²) >= 11 is 0. The van der Waals surface area contributed by atoms with Gasteiger partial charge in [-0.05, 0) is 43.7 Å². The van der Waals surface area contributed by atoms with Gasteiger partial charge in [0.2, 0.25) is 0 Å². The average molecular weight is 241 g/mol. The number of pyridine rings is 2. The molecule has 0 aliphatic rings. The summed E-state index contributed by atoms with van der Waals surface area (Å²) in [5.41, 5.74) is 1.76. The first-order valence-corrected chi connectivity index (χ1v) is 5.80. The van der Waals surface area contributed by atoms with E-state index in [1.807, 2.05) is 18.2 Å². The van der Waals surface area contributed by atoms with E-state index >= 15 is 0 Å². The highest BCUT2D eigenvalue weighted by molar-refractivity contribution is 5.93. The molecule has 2 heterocycles. The van der Waals surface area contributed by atoms with Crippen molar-refractivity contribution in [3.8, 4) is 0 Å². The number of hydrogen-bond donors (Lipinski definition) is 1. The Labute approximate surface area is 106 Å². The maximum atomic E-state index is 11.1. The van der Waals surface area contributed by atoms with Crippen LogP contribution in [0.15, 0.2) is 42.9 Å². The lowest BCUT2D eigenvalue weighted by Gasteiger charge is -2.14. The van der Waals surface area contributed by atoms with E-state index in [9.17, 15) is 4.79 Å². The van der Waals surface area contributed by atoms with Crippen LogP contribution in [0.2, 0.25) is 0 Å². The molecule has 1 N–H and O–H groups in total. The third kappa shape index (κ3) is 2.91. The Bertz CT molecular complexity index is 522. The summed E-state index contributed by atoms with van der Waals surface area (Å²) in [5, 5.41) is 3.27. The first kappa shape index (κ1) is 12.2. The number of anilines is 1. The van der Waals surface area contributed by atoms with Gasteiger partial charge in [0.25, 0.3) is 0 Å². The summed E-state index contributed by atoms with van der Waals surface area (Å²) < 4.78 is 0. The second-order valence-corrected chi connectivity index (χ2v) is 4.13. The number of Topliss-reactive ketones (excluding diaryl/α,β-unsaturated/α-hetero) is 1. The van der Waals surface area contributed by atoms with Crippen molar-refractivity contribution in [2.75, 3.05) is 5.32 Å². The molecule has 92 valence electrons.